The monoisotopic (exact) mass is 444 g/mol. The average molecular weight is 445 g/mol. The summed E-state index contributed by atoms with van der Waals surface area (Å²) < 4.78 is 33.3. The Balaban J connectivity index is 1.58. The fourth-order valence-corrected chi connectivity index (χ4v) is 5.84. The molecule has 1 saturated carbocycles. The number of nitrogens with zero attached hydrogens (tertiary/aromatic N) is 1. The molecular formula is C22H24N2O4S2. The highest BCUT2D eigenvalue weighted by molar-refractivity contribution is 7.92. The van der Waals surface area contributed by atoms with Crippen molar-refractivity contribution in [1.29, 1.82) is 0 Å². The van der Waals surface area contributed by atoms with Gasteiger partial charge >= 0.3 is 0 Å². The number of hydrogen-bond donors (Lipinski definition) is 1. The average Bonchev–Trinajstić information content (AvgIpc) is 3.42. The Bertz CT molecular complexity index is 1160. The van der Waals surface area contributed by atoms with Crippen molar-refractivity contribution in [3.8, 4) is 5.75 Å². The number of carbonyl (C=O) groups is 1. The van der Waals surface area contributed by atoms with Gasteiger partial charge in [-0.25, -0.2) is 8.42 Å². The number of amides is 1. The number of carbonyl (C=O) groups excluding carboxylic acids is 1. The first-order valence-corrected chi connectivity index (χ1v) is 12.1. The molecule has 1 aromatic heterocycles. The second kappa shape index (κ2) is 8.28. The van der Waals surface area contributed by atoms with Crippen LogP contribution in [-0.4, -0.2) is 34.5 Å². The quantitative estimate of drug-likeness (QED) is 0.611. The van der Waals surface area contributed by atoms with Gasteiger partial charge in [0.05, 0.1) is 22.6 Å². The maximum atomic E-state index is 13.0. The van der Waals surface area contributed by atoms with Crippen LogP contribution >= 0.6 is 11.3 Å². The number of fused-ring (bicyclic) bond motifs is 1. The van der Waals surface area contributed by atoms with Crippen molar-refractivity contribution in [1.82, 2.24) is 5.32 Å². The zero-order valence-corrected chi connectivity index (χ0v) is 18.6. The fraction of sp³-hybridized carbons (Fsp3) is 0.318. The van der Waals surface area contributed by atoms with E-state index in [4.69, 9.17) is 4.74 Å². The third kappa shape index (κ3) is 4.02. The van der Waals surface area contributed by atoms with Crippen molar-refractivity contribution in [2.24, 2.45) is 0 Å². The number of hydrogen-bond acceptors (Lipinski definition) is 5. The maximum absolute atomic E-state index is 13.0. The molecule has 8 heteroatoms. The Morgan fingerprint density at radius 3 is 2.47 bits per heavy atom. The van der Waals surface area contributed by atoms with Crippen molar-refractivity contribution in [3.63, 3.8) is 0 Å². The highest BCUT2D eigenvalue weighted by atomic mass is 32.2. The smallest absolute Gasteiger partial charge is 0.264 e. The predicted octanol–water partition coefficient (Wildman–Crippen LogP) is 4.41. The van der Waals surface area contributed by atoms with Gasteiger partial charge in [-0.2, -0.15) is 0 Å². The largest absolute Gasteiger partial charge is 0.497 e. The van der Waals surface area contributed by atoms with Gasteiger partial charge in [0, 0.05) is 17.8 Å². The number of thiophene rings is 1. The molecule has 0 atom stereocenters. The zero-order chi connectivity index (χ0) is 21.3. The van der Waals surface area contributed by atoms with E-state index in [1.807, 2.05) is 12.1 Å². The molecule has 158 valence electrons. The number of benzene rings is 2. The second-order valence-corrected chi connectivity index (χ2v) is 10.5. The summed E-state index contributed by atoms with van der Waals surface area (Å²) >= 11 is 1.42. The Labute approximate surface area is 180 Å². The van der Waals surface area contributed by atoms with E-state index in [2.05, 4.69) is 5.32 Å². The number of methoxy groups -OCH3 is 1. The maximum Gasteiger partial charge on any atom is 0.264 e. The predicted molar refractivity (Wildman–Crippen MR) is 120 cm³/mol. The lowest BCUT2D eigenvalue weighted by Crippen LogP contribution is -2.31. The minimum Gasteiger partial charge on any atom is -0.497 e. The van der Waals surface area contributed by atoms with Gasteiger partial charge in [-0.05, 0) is 66.8 Å². The summed E-state index contributed by atoms with van der Waals surface area (Å²) in [5.74, 6) is 0.545. The van der Waals surface area contributed by atoms with Crippen LogP contribution < -0.4 is 14.4 Å². The third-order valence-corrected chi connectivity index (χ3v) is 8.41. The van der Waals surface area contributed by atoms with Crippen LogP contribution in [0.15, 0.2) is 53.4 Å². The lowest BCUT2D eigenvalue weighted by Gasteiger charge is -2.19. The van der Waals surface area contributed by atoms with Crippen LogP contribution in [0.3, 0.4) is 0 Å². The van der Waals surface area contributed by atoms with Gasteiger partial charge in [-0.1, -0.05) is 12.8 Å². The normalized spacial score (nSPS) is 14.7. The van der Waals surface area contributed by atoms with E-state index in [0.717, 1.165) is 35.8 Å². The highest BCUT2D eigenvalue weighted by Crippen LogP contribution is 2.32. The van der Waals surface area contributed by atoms with Gasteiger partial charge in [0.1, 0.15) is 5.75 Å². The molecule has 1 fully saturated rings. The van der Waals surface area contributed by atoms with E-state index in [0.29, 0.717) is 16.3 Å². The lowest BCUT2D eigenvalue weighted by atomic mass is 10.2. The summed E-state index contributed by atoms with van der Waals surface area (Å²) in [4.78, 5) is 13.4. The highest BCUT2D eigenvalue weighted by Gasteiger charge is 2.23. The van der Waals surface area contributed by atoms with Crippen LogP contribution in [0.5, 0.6) is 5.75 Å². The van der Waals surface area contributed by atoms with E-state index < -0.39 is 10.0 Å². The minimum absolute atomic E-state index is 0.0520. The third-order valence-electron chi connectivity index (χ3n) is 5.50. The molecule has 3 aromatic rings. The summed E-state index contributed by atoms with van der Waals surface area (Å²) in [6.45, 7) is 0. The summed E-state index contributed by atoms with van der Waals surface area (Å²) in [6.07, 6.45) is 4.40. The molecule has 0 radical (unpaired) electrons. The van der Waals surface area contributed by atoms with E-state index in [-0.39, 0.29) is 16.8 Å². The molecule has 0 bridgehead atoms. The zero-order valence-electron chi connectivity index (χ0n) is 16.9. The minimum atomic E-state index is -3.71. The van der Waals surface area contributed by atoms with Gasteiger partial charge in [-0.15, -0.1) is 11.3 Å². The Morgan fingerprint density at radius 2 is 1.80 bits per heavy atom. The molecule has 4 rings (SSSR count). The molecule has 0 unspecified atom stereocenters. The molecule has 1 aliphatic rings. The Kier molecular flexibility index (Phi) is 5.71. The second-order valence-electron chi connectivity index (χ2n) is 7.44. The van der Waals surface area contributed by atoms with Crippen molar-refractivity contribution in [2.75, 3.05) is 18.5 Å². The molecule has 1 amide bonds. The van der Waals surface area contributed by atoms with Gasteiger partial charge in [-0.3, -0.25) is 9.10 Å². The van der Waals surface area contributed by atoms with Crippen LogP contribution in [0.1, 0.15) is 35.4 Å². The number of anilines is 1. The molecular weight excluding hydrogens is 420 g/mol. The number of rotatable bonds is 6. The first-order chi connectivity index (χ1) is 14.4. The van der Waals surface area contributed by atoms with Gasteiger partial charge < -0.3 is 10.1 Å². The number of ether oxygens (including phenoxy) is 1. The van der Waals surface area contributed by atoms with Crippen LogP contribution in [0.4, 0.5) is 5.69 Å². The fourth-order valence-electron chi connectivity index (χ4n) is 3.71. The summed E-state index contributed by atoms with van der Waals surface area (Å²) in [5.41, 5.74) is 0.541. The molecule has 1 N–H and O–H groups in total. The molecule has 0 spiro atoms. The van der Waals surface area contributed by atoms with E-state index in [1.54, 1.807) is 24.3 Å². The van der Waals surface area contributed by atoms with Gasteiger partial charge in [0.2, 0.25) is 0 Å². The topological polar surface area (TPSA) is 75.7 Å². The Hall–Kier alpha value is -2.58. The molecule has 6 nitrogen and oxygen atoms in total. The lowest BCUT2D eigenvalue weighted by molar-refractivity contribution is 0.0942. The SMILES string of the molecule is COc1ccc(S(=O)(=O)N(C)c2ccc3sc(C(=O)NC4CCCC4)cc3c2)cc1. The number of sulfonamides is 1. The molecule has 0 saturated heterocycles. The number of nitrogens with one attached hydrogen (secondary N) is 1. The summed E-state index contributed by atoms with van der Waals surface area (Å²) in [5, 5.41) is 3.96. The molecule has 30 heavy (non-hydrogen) atoms. The van der Waals surface area contributed by atoms with Crippen molar-refractivity contribution < 1.29 is 17.9 Å². The van der Waals surface area contributed by atoms with E-state index >= 15 is 0 Å². The van der Waals surface area contributed by atoms with Crippen molar-refractivity contribution >= 4 is 43.0 Å². The van der Waals surface area contributed by atoms with Crippen LogP contribution in [-0.2, 0) is 10.0 Å². The van der Waals surface area contributed by atoms with Gasteiger partial charge in [0.15, 0.2) is 0 Å². The summed E-state index contributed by atoms with van der Waals surface area (Å²) in [6, 6.07) is 13.8. The standard InChI is InChI=1S/C22H24N2O4S2/c1-24(30(26,27)19-10-8-18(28-2)9-11-19)17-7-12-20-15(13-17)14-21(29-20)22(25)23-16-5-3-4-6-16/h7-14,16H,3-6H2,1-2H3,(H,23,25). The molecule has 0 aliphatic heterocycles. The van der Waals surface area contributed by atoms with Crippen LogP contribution in [0, 0.1) is 0 Å². The van der Waals surface area contributed by atoms with E-state index in [9.17, 15) is 13.2 Å². The van der Waals surface area contributed by atoms with Gasteiger partial charge in [0.25, 0.3) is 15.9 Å². The molecule has 1 heterocycles. The van der Waals surface area contributed by atoms with Crippen molar-refractivity contribution in [3.05, 3.63) is 53.4 Å². The first kappa shape index (κ1) is 20.7. The van der Waals surface area contributed by atoms with Crippen LogP contribution in [0.2, 0.25) is 0 Å². The van der Waals surface area contributed by atoms with Crippen LogP contribution in [0.25, 0.3) is 10.1 Å². The van der Waals surface area contributed by atoms with Crippen molar-refractivity contribution in [2.45, 2.75) is 36.6 Å². The first-order valence-electron chi connectivity index (χ1n) is 9.86. The van der Waals surface area contributed by atoms with E-state index in [1.165, 1.54) is 41.9 Å². The molecule has 1 aliphatic carbocycles. The summed E-state index contributed by atoms with van der Waals surface area (Å²) in [7, 11) is -0.645. The molecule has 2 aromatic carbocycles. The Morgan fingerprint density at radius 1 is 1.10 bits per heavy atom.